The number of pyridine rings is 1. The van der Waals surface area contributed by atoms with E-state index < -0.39 is 10.0 Å². The number of sulfonamides is 1. The van der Waals surface area contributed by atoms with Crippen LogP contribution < -0.4 is 4.31 Å². The lowest BCUT2D eigenvalue weighted by Gasteiger charge is -2.17. The molecule has 0 spiro atoms. The molecule has 0 saturated heterocycles. The van der Waals surface area contributed by atoms with E-state index in [0.29, 0.717) is 20.6 Å². The molecule has 1 heterocycles. The van der Waals surface area contributed by atoms with Crippen LogP contribution in [0, 0.1) is 6.92 Å². The Bertz CT molecular complexity index is 773. The van der Waals surface area contributed by atoms with Crippen molar-refractivity contribution in [1.82, 2.24) is 4.98 Å². The Hall–Kier alpha value is -1.92. The predicted molar refractivity (Wildman–Crippen MR) is 82.8 cm³/mol. The Labute approximate surface area is 128 Å². The summed E-state index contributed by atoms with van der Waals surface area (Å²) in [6.45, 7) is 1.64. The number of anilines is 1. The number of halogens is 1. The van der Waals surface area contributed by atoms with Crippen LogP contribution in [0.4, 0.5) is 5.69 Å². The maximum absolute atomic E-state index is 11.7. The first-order valence-electron chi connectivity index (χ1n) is 6.00. The number of benzene rings is 1. The molecule has 0 atom stereocenters. The van der Waals surface area contributed by atoms with Gasteiger partial charge in [0.1, 0.15) is 0 Å². The molecule has 7 heteroatoms. The number of hydrogen-bond acceptors (Lipinski definition) is 4. The zero-order valence-corrected chi connectivity index (χ0v) is 13.0. The molecule has 5 nitrogen and oxygen atoms in total. The zero-order chi connectivity index (χ0) is 15.6. The van der Waals surface area contributed by atoms with Gasteiger partial charge < -0.3 is 0 Å². The summed E-state index contributed by atoms with van der Waals surface area (Å²) in [6.07, 6.45) is 2.86. The van der Waals surface area contributed by atoms with Crippen molar-refractivity contribution in [2.45, 2.75) is 6.92 Å². The van der Waals surface area contributed by atoms with E-state index in [9.17, 15) is 13.2 Å². The van der Waals surface area contributed by atoms with Gasteiger partial charge in [0.15, 0.2) is 0 Å². The molecular weight excluding hydrogens is 312 g/mol. The highest BCUT2D eigenvalue weighted by molar-refractivity contribution is 7.92. The maximum atomic E-state index is 11.7. The van der Waals surface area contributed by atoms with E-state index in [1.165, 1.54) is 0 Å². The molecule has 0 radical (unpaired) electrons. The summed E-state index contributed by atoms with van der Waals surface area (Å²) in [7, 11) is -3.69. The molecular formula is C14H13ClN2O3S. The van der Waals surface area contributed by atoms with E-state index in [2.05, 4.69) is 4.98 Å². The third kappa shape index (κ3) is 3.40. The van der Waals surface area contributed by atoms with Gasteiger partial charge in [0.2, 0.25) is 16.4 Å². The van der Waals surface area contributed by atoms with Crippen LogP contribution in [0.2, 0.25) is 5.02 Å². The van der Waals surface area contributed by atoms with Gasteiger partial charge in [-0.2, -0.15) is 0 Å². The van der Waals surface area contributed by atoms with Crippen LogP contribution in [-0.2, 0) is 14.8 Å². The summed E-state index contributed by atoms with van der Waals surface area (Å²) in [6, 6.07) is 8.66. The fourth-order valence-corrected chi connectivity index (χ4v) is 2.68. The van der Waals surface area contributed by atoms with Crippen LogP contribution in [0.15, 0.2) is 36.5 Å². The smallest absolute Gasteiger partial charge is 0.238 e. The molecule has 0 unspecified atom stereocenters. The normalized spacial score (nSPS) is 11.2. The van der Waals surface area contributed by atoms with E-state index in [4.69, 9.17) is 11.6 Å². The minimum absolute atomic E-state index is 0.236. The largest absolute Gasteiger partial charge is 0.277 e. The Balaban J connectivity index is 2.56. The summed E-state index contributed by atoms with van der Waals surface area (Å²) in [4.78, 5) is 15.3. The van der Waals surface area contributed by atoms with Gasteiger partial charge >= 0.3 is 0 Å². The van der Waals surface area contributed by atoms with Crippen LogP contribution in [0.25, 0.3) is 11.1 Å². The standard InChI is InChI=1S/C14H13ClN2O3S/c1-10-14(17(9-18)21(2,19)20)7-12(8-16-10)11-3-5-13(15)6-4-11/h3-9H,1-2H3. The Morgan fingerprint density at radius 3 is 2.33 bits per heavy atom. The Morgan fingerprint density at radius 1 is 1.19 bits per heavy atom. The molecule has 1 aromatic carbocycles. The van der Waals surface area contributed by atoms with E-state index in [0.717, 1.165) is 11.8 Å². The fourth-order valence-electron chi connectivity index (χ4n) is 1.86. The average Bonchev–Trinajstić information content (AvgIpc) is 2.41. The molecule has 0 aliphatic heterocycles. The maximum Gasteiger partial charge on any atom is 0.238 e. The third-order valence-electron chi connectivity index (χ3n) is 2.93. The van der Waals surface area contributed by atoms with Crippen molar-refractivity contribution in [2.24, 2.45) is 0 Å². The monoisotopic (exact) mass is 324 g/mol. The van der Waals surface area contributed by atoms with Crippen molar-refractivity contribution < 1.29 is 13.2 Å². The first-order chi connectivity index (χ1) is 9.82. The van der Waals surface area contributed by atoms with Crippen molar-refractivity contribution >= 4 is 33.7 Å². The molecule has 0 fully saturated rings. The van der Waals surface area contributed by atoms with Crippen LogP contribution in [0.3, 0.4) is 0 Å². The summed E-state index contributed by atoms with van der Waals surface area (Å²) in [5, 5.41) is 0.602. The molecule has 0 saturated carbocycles. The van der Waals surface area contributed by atoms with Crippen LogP contribution in [0.1, 0.15) is 5.69 Å². The minimum Gasteiger partial charge on any atom is -0.277 e. The number of carbonyl (C=O) groups is 1. The number of aromatic nitrogens is 1. The average molecular weight is 325 g/mol. The molecule has 21 heavy (non-hydrogen) atoms. The van der Waals surface area contributed by atoms with E-state index in [1.807, 2.05) is 0 Å². The second kappa shape index (κ2) is 5.83. The lowest BCUT2D eigenvalue weighted by molar-refractivity contribution is -0.106. The quantitative estimate of drug-likeness (QED) is 0.811. The highest BCUT2D eigenvalue weighted by atomic mass is 35.5. The second-order valence-electron chi connectivity index (χ2n) is 4.50. The molecule has 1 amide bonds. The van der Waals surface area contributed by atoms with Gasteiger partial charge in [-0.3, -0.25) is 9.78 Å². The van der Waals surface area contributed by atoms with Crippen molar-refractivity contribution in [2.75, 3.05) is 10.6 Å². The van der Waals surface area contributed by atoms with Crippen molar-refractivity contribution in [3.8, 4) is 11.1 Å². The fraction of sp³-hybridized carbons (Fsp3) is 0.143. The number of nitrogens with zero attached hydrogens (tertiary/aromatic N) is 2. The second-order valence-corrected chi connectivity index (χ2v) is 6.80. The number of aryl methyl sites for hydroxylation is 1. The van der Waals surface area contributed by atoms with Gasteiger partial charge in [-0.05, 0) is 30.7 Å². The Kier molecular flexibility index (Phi) is 4.29. The summed E-state index contributed by atoms with van der Waals surface area (Å²) < 4.78 is 24.0. The van der Waals surface area contributed by atoms with Gasteiger partial charge in [0.05, 0.1) is 17.6 Å². The molecule has 2 aromatic rings. The van der Waals surface area contributed by atoms with E-state index in [1.54, 1.807) is 43.5 Å². The van der Waals surface area contributed by atoms with Gasteiger partial charge in [-0.25, -0.2) is 12.7 Å². The third-order valence-corrected chi connectivity index (χ3v) is 4.18. The minimum atomic E-state index is -3.69. The molecule has 2 rings (SSSR count). The predicted octanol–water partition coefficient (Wildman–Crippen LogP) is 2.63. The van der Waals surface area contributed by atoms with Gasteiger partial charge in [-0.15, -0.1) is 0 Å². The van der Waals surface area contributed by atoms with Gasteiger partial charge in [0, 0.05) is 16.8 Å². The summed E-state index contributed by atoms with van der Waals surface area (Å²) in [5.41, 5.74) is 2.21. The van der Waals surface area contributed by atoms with E-state index in [-0.39, 0.29) is 12.1 Å². The van der Waals surface area contributed by atoms with Crippen LogP contribution in [-0.4, -0.2) is 26.1 Å². The molecule has 0 aliphatic carbocycles. The first kappa shape index (κ1) is 15.5. The Morgan fingerprint density at radius 2 is 1.81 bits per heavy atom. The molecule has 0 bridgehead atoms. The lowest BCUT2D eigenvalue weighted by atomic mass is 10.1. The number of hydrogen-bond donors (Lipinski definition) is 0. The van der Waals surface area contributed by atoms with Crippen molar-refractivity contribution in [3.05, 3.63) is 47.2 Å². The van der Waals surface area contributed by atoms with Gasteiger partial charge in [0.25, 0.3) is 0 Å². The number of amides is 1. The van der Waals surface area contributed by atoms with Crippen molar-refractivity contribution in [3.63, 3.8) is 0 Å². The van der Waals surface area contributed by atoms with Crippen LogP contribution in [0.5, 0.6) is 0 Å². The van der Waals surface area contributed by atoms with Crippen molar-refractivity contribution in [1.29, 1.82) is 0 Å². The molecule has 0 N–H and O–H groups in total. The molecule has 1 aromatic heterocycles. The lowest BCUT2D eigenvalue weighted by Crippen LogP contribution is -2.29. The number of carbonyl (C=O) groups excluding carboxylic acids is 1. The topological polar surface area (TPSA) is 67.3 Å². The van der Waals surface area contributed by atoms with Gasteiger partial charge in [-0.1, -0.05) is 23.7 Å². The van der Waals surface area contributed by atoms with E-state index >= 15 is 0 Å². The summed E-state index contributed by atoms with van der Waals surface area (Å²) in [5.74, 6) is 0. The molecule has 110 valence electrons. The SMILES string of the molecule is Cc1ncc(-c2ccc(Cl)cc2)cc1N(C=O)S(C)(=O)=O. The summed E-state index contributed by atoms with van der Waals surface area (Å²) >= 11 is 5.84. The zero-order valence-electron chi connectivity index (χ0n) is 11.4. The number of rotatable bonds is 4. The van der Waals surface area contributed by atoms with Crippen LogP contribution >= 0.6 is 11.6 Å². The first-order valence-corrected chi connectivity index (χ1v) is 8.23. The highest BCUT2D eigenvalue weighted by Crippen LogP contribution is 2.27. The highest BCUT2D eigenvalue weighted by Gasteiger charge is 2.19. The molecule has 0 aliphatic rings.